The van der Waals surface area contributed by atoms with Crippen molar-refractivity contribution in [1.29, 1.82) is 0 Å². The Bertz CT molecular complexity index is 1070. The number of hydrogen-bond acceptors (Lipinski definition) is 5. The lowest BCUT2D eigenvalue weighted by Crippen LogP contribution is -2.21. The second kappa shape index (κ2) is 7.35. The predicted molar refractivity (Wildman–Crippen MR) is 100 cm³/mol. The Morgan fingerprint density at radius 2 is 2.07 bits per heavy atom. The van der Waals surface area contributed by atoms with Gasteiger partial charge in [0, 0.05) is 17.6 Å². The molecular formula is C17H14F3N3O2S2. The van der Waals surface area contributed by atoms with Crippen LogP contribution >= 0.6 is 23.1 Å². The van der Waals surface area contributed by atoms with Crippen molar-refractivity contribution in [1.82, 2.24) is 9.55 Å². The quantitative estimate of drug-likeness (QED) is 0.518. The zero-order valence-electron chi connectivity index (χ0n) is 14.3. The van der Waals surface area contributed by atoms with Gasteiger partial charge in [0.1, 0.15) is 4.83 Å². The van der Waals surface area contributed by atoms with Crippen LogP contribution in [0.3, 0.4) is 0 Å². The van der Waals surface area contributed by atoms with Gasteiger partial charge >= 0.3 is 6.18 Å². The fourth-order valence-electron chi connectivity index (χ4n) is 2.40. The van der Waals surface area contributed by atoms with Crippen LogP contribution in [-0.4, -0.2) is 21.2 Å². The zero-order chi connectivity index (χ0) is 19.8. The average molecular weight is 413 g/mol. The van der Waals surface area contributed by atoms with Gasteiger partial charge in [0.05, 0.1) is 16.7 Å². The summed E-state index contributed by atoms with van der Waals surface area (Å²) in [6, 6.07) is 6.18. The SMILES string of the molecule is Cc1cc2c(=O)n(C)c(SCC(=O)Nc3cccc(C(F)(F)F)c3)nc2s1. The summed E-state index contributed by atoms with van der Waals surface area (Å²) in [7, 11) is 1.56. The molecule has 0 aliphatic carbocycles. The number of aromatic nitrogens is 2. The first-order chi connectivity index (χ1) is 12.6. The second-order valence-corrected chi connectivity index (χ2v) is 7.93. The third-order valence-electron chi connectivity index (χ3n) is 3.66. The van der Waals surface area contributed by atoms with Crippen molar-refractivity contribution < 1.29 is 18.0 Å². The Kier molecular flexibility index (Phi) is 5.29. The van der Waals surface area contributed by atoms with Gasteiger partial charge in [0.2, 0.25) is 5.91 Å². The van der Waals surface area contributed by atoms with Gasteiger partial charge in [-0.15, -0.1) is 11.3 Å². The zero-order valence-corrected chi connectivity index (χ0v) is 15.9. The largest absolute Gasteiger partial charge is 0.416 e. The molecule has 1 N–H and O–H groups in total. The molecule has 0 aliphatic heterocycles. The van der Waals surface area contributed by atoms with Crippen LogP contribution in [0.25, 0.3) is 10.2 Å². The Morgan fingerprint density at radius 3 is 2.78 bits per heavy atom. The van der Waals surface area contributed by atoms with Gasteiger partial charge in [0.25, 0.3) is 5.56 Å². The van der Waals surface area contributed by atoms with Gasteiger partial charge in [-0.2, -0.15) is 13.2 Å². The number of benzene rings is 1. The van der Waals surface area contributed by atoms with Crippen LogP contribution in [-0.2, 0) is 18.0 Å². The smallest absolute Gasteiger partial charge is 0.325 e. The topological polar surface area (TPSA) is 64.0 Å². The molecule has 0 fully saturated rings. The van der Waals surface area contributed by atoms with E-state index >= 15 is 0 Å². The van der Waals surface area contributed by atoms with Crippen molar-refractivity contribution >= 4 is 44.9 Å². The van der Waals surface area contributed by atoms with E-state index in [-0.39, 0.29) is 17.0 Å². The van der Waals surface area contributed by atoms with Gasteiger partial charge in [-0.1, -0.05) is 17.8 Å². The average Bonchev–Trinajstić information content (AvgIpc) is 2.97. The number of amides is 1. The summed E-state index contributed by atoms with van der Waals surface area (Å²) in [5.74, 6) is -0.581. The molecule has 0 bridgehead atoms. The second-order valence-electron chi connectivity index (χ2n) is 5.75. The molecule has 0 radical (unpaired) electrons. The third kappa shape index (κ3) is 4.33. The maximum absolute atomic E-state index is 12.7. The van der Waals surface area contributed by atoms with Gasteiger partial charge < -0.3 is 5.32 Å². The first kappa shape index (κ1) is 19.4. The number of carbonyl (C=O) groups is 1. The molecule has 0 saturated carbocycles. The third-order valence-corrected chi connectivity index (χ3v) is 5.64. The fourth-order valence-corrected chi connectivity index (χ4v) is 4.09. The summed E-state index contributed by atoms with van der Waals surface area (Å²) in [4.78, 5) is 30.4. The Hall–Kier alpha value is -2.33. The molecule has 3 rings (SSSR count). The Balaban J connectivity index is 1.72. The first-order valence-corrected chi connectivity index (χ1v) is 9.52. The van der Waals surface area contributed by atoms with Crippen molar-refractivity contribution in [3.05, 3.63) is 51.1 Å². The minimum absolute atomic E-state index is 0.0570. The molecule has 1 amide bonds. The molecule has 5 nitrogen and oxygen atoms in total. The van der Waals surface area contributed by atoms with E-state index < -0.39 is 17.6 Å². The van der Waals surface area contributed by atoms with Crippen LogP contribution in [0.15, 0.2) is 40.3 Å². The van der Waals surface area contributed by atoms with Gasteiger partial charge in [0.15, 0.2) is 5.16 Å². The number of nitrogens with one attached hydrogen (secondary N) is 1. The standard InChI is InChI=1S/C17H14F3N3O2S2/c1-9-6-12-14(27-9)22-16(23(2)15(12)25)26-8-13(24)21-11-5-3-4-10(7-11)17(18,19)20/h3-7H,8H2,1-2H3,(H,21,24). The van der Waals surface area contributed by atoms with Crippen LogP contribution < -0.4 is 10.9 Å². The fraction of sp³-hybridized carbons (Fsp3) is 0.235. The molecule has 10 heteroatoms. The number of aryl methyl sites for hydroxylation is 1. The number of thioether (sulfide) groups is 1. The van der Waals surface area contributed by atoms with Gasteiger partial charge in [-0.05, 0) is 31.2 Å². The van der Waals surface area contributed by atoms with E-state index in [0.717, 1.165) is 28.8 Å². The molecule has 1 aromatic carbocycles. The molecule has 0 unspecified atom stereocenters. The van der Waals surface area contributed by atoms with E-state index in [1.165, 1.54) is 28.0 Å². The molecule has 2 heterocycles. The van der Waals surface area contributed by atoms with Crippen molar-refractivity contribution in [2.24, 2.45) is 7.05 Å². The molecule has 0 atom stereocenters. The lowest BCUT2D eigenvalue weighted by Gasteiger charge is -2.10. The Labute approximate surface area is 160 Å². The molecule has 2 aromatic heterocycles. The number of rotatable bonds is 4. The number of hydrogen-bond donors (Lipinski definition) is 1. The van der Waals surface area contributed by atoms with Crippen molar-refractivity contribution in [3.8, 4) is 0 Å². The van der Waals surface area contributed by atoms with E-state index in [9.17, 15) is 22.8 Å². The van der Waals surface area contributed by atoms with E-state index in [0.29, 0.717) is 15.4 Å². The minimum Gasteiger partial charge on any atom is -0.325 e. The maximum Gasteiger partial charge on any atom is 0.416 e. The number of halogens is 3. The summed E-state index contributed by atoms with van der Waals surface area (Å²) in [6.45, 7) is 1.88. The number of thiophene rings is 1. The van der Waals surface area contributed by atoms with E-state index in [4.69, 9.17) is 0 Å². The number of nitrogens with zero attached hydrogens (tertiary/aromatic N) is 2. The van der Waals surface area contributed by atoms with Crippen molar-refractivity contribution in [3.63, 3.8) is 0 Å². The summed E-state index contributed by atoms with van der Waals surface area (Å²) in [6.07, 6.45) is -4.48. The number of alkyl halides is 3. The number of anilines is 1. The normalized spacial score (nSPS) is 11.7. The Morgan fingerprint density at radius 1 is 1.33 bits per heavy atom. The van der Waals surface area contributed by atoms with Crippen LogP contribution in [0.4, 0.5) is 18.9 Å². The van der Waals surface area contributed by atoms with E-state index in [2.05, 4.69) is 10.3 Å². The van der Waals surface area contributed by atoms with Crippen LogP contribution in [0.2, 0.25) is 0 Å². The van der Waals surface area contributed by atoms with Crippen LogP contribution in [0, 0.1) is 6.92 Å². The van der Waals surface area contributed by atoms with E-state index in [1.54, 1.807) is 13.1 Å². The van der Waals surface area contributed by atoms with Gasteiger partial charge in [-0.25, -0.2) is 4.98 Å². The predicted octanol–water partition coefficient (Wildman–Crippen LogP) is 4.05. The first-order valence-electron chi connectivity index (χ1n) is 7.72. The van der Waals surface area contributed by atoms with E-state index in [1.807, 2.05) is 6.92 Å². The number of fused-ring (bicyclic) bond motifs is 1. The molecule has 3 aromatic rings. The molecule has 27 heavy (non-hydrogen) atoms. The summed E-state index contributed by atoms with van der Waals surface area (Å²) in [5.41, 5.74) is -0.984. The van der Waals surface area contributed by atoms with Crippen molar-refractivity contribution in [2.45, 2.75) is 18.3 Å². The molecule has 0 saturated heterocycles. The molecule has 0 spiro atoms. The molecule has 0 aliphatic rings. The monoisotopic (exact) mass is 413 g/mol. The highest BCUT2D eigenvalue weighted by atomic mass is 32.2. The lowest BCUT2D eigenvalue weighted by molar-refractivity contribution is -0.137. The maximum atomic E-state index is 12.7. The lowest BCUT2D eigenvalue weighted by atomic mass is 10.2. The molecule has 142 valence electrons. The molecular weight excluding hydrogens is 399 g/mol. The summed E-state index contributed by atoms with van der Waals surface area (Å²) >= 11 is 2.43. The van der Waals surface area contributed by atoms with Crippen molar-refractivity contribution in [2.75, 3.05) is 11.1 Å². The summed E-state index contributed by atoms with van der Waals surface area (Å²) < 4.78 is 39.5. The highest BCUT2D eigenvalue weighted by Gasteiger charge is 2.30. The number of carbonyl (C=O) groups excluding carboxylic acids is 1. The highest BCUT2D eigenvalue weighted by molar-refractivity contribution is 7.99. The summed E-state index contributed by atoms with van der Waals surface area (Å²) in [5, 5.41) is 3.32. The van der Waals surface area contributed by atoms with Crippen LogP contribution in [0.1, 0.15) is 10.4 Å². The highest BCUT2D eigenvalue weighted by Crippen LogP contribution is 2.30. The minimum atomic E-state index is -4.48. The van der Waals surface area contributed by atoms with Crippen LogP contribution in [0.5, 0.6) is 0 Å². The van der Waals surface area contributed by atoms with Gasteiger partial charge in [-0.3, -0.25) is 14.2 Å².